The van der Waals surface area contributed by atoms with Crippen molar-refractivity contribution in [3.05, 3.63) is 48.5 Å². The largest absolute Gasteiger partial charge is 0.0616 e. The van der Waals surface area contributed by atoms with Gasteiger partial charge in [-0.1, -0.05) is 56.0 Å². The van der Waals surface area contributed by atoms with Crippen LogP contribution in [0.5, 0.6) is 0 Å². The third kappa shape index (κ3) is 2.14. The van der Waals surface area contributed by atoms with E-state index in [1.165, 1.54) is 10.8 Å². The minimum absolute atomic E-state index is 0. The quantitative estimate of drug-likeness (QED) is 0.509. The maximum absolute atomic E-state index is 2.12. The average Bonchev–Trinajstić information content (AvgIpc) is 2.05. The molecule has 0 aliphatic heterocycles. The molecular formula is C11H13Li. The molecule has 0 nitrogen and oxygen atoms in total. The molecular weight excluding hydrogens is 139 g/mol. The van der Waals surface area contributed by atoms with Gasteiger partial charge in [0.05, 0.1) is 0 Å². The Hall–Kier alpha value is -0.703. The van der Waals surface area contributed by atoms with E-state index in [9.17, 15) is 0 Å². The SMILES string of the molecule is C.[LiH].c1ccc2ccccc2c1. The van der Waals surface area contributed by atoms with Crippen LogP contribution in [0.2, 0.25) is 0 Å². The summed E-state index contributed by atoms with van der Waals surface area (Å²) in [6.07, 6.45) is 0. The molecule has 0 bridgehead atoms. The van der Waals surface area contributed by atoms with Gasteiger partial charge in [-0.3, -0.25) is 0 Å². The van der Waals surface area contributed by atoms with Crippen LogP contribution in [0, 0.1) is 0 Å². The Morgan fingerprint density at radius 1 is 0.583 bits per heavy atom. The van der Waals surface area contributed by atoms with E-state index < -0.39 is 0 Å². The van der Waals surface area contributed by atoms with Gasteiger partial charge in [0.25, 0.3) is 0 Å². The summed E-state index contributed by atoms with van der Waals surface area (Å²) in [5.41, 5.74) is 0. The molecule has 0 saturated carbocycles. The van der Waals surface area contributed by atoms with Crippen molar-refractivity contribution in [2.75, 3.05) is 0 Å². The standard InChI is InChI=1S/C10H8.CH4.Li.H/c1-2-6-10-8-4-3-7-9(10)5-1;;;/h1-8H;1H4;;. The third-order valence-corrected chi connectivity index (χ3v) is 1.66. The first-order valence-corrected chi connectivity index (χ1v) is 3.40. The predicted molar refractivity (Wildman–Crippen MR) is 57.8 cm³/mol. The zero-order chi connectivity index (χ0) is 6.81. The van der Waals surface area contributed by atoms with E-state index in [4.69, 9.17) is 0 Å². The Balaban J connectivity index is 0.000000605. The molecule has 0 atom stereocenters. The second kappa shape index (κ2) is 5.03. The van der Waals surface area contributed by atoms with Crippen LogP contribution >= 0.6 is 0 Å². The van der Waals surface area contributed by atoms with Crippen LogP contribution in [0.15, 0.2) is 48.5 Å². The Morgan fingerprint density at radius 3 is 1.08 bits per heavy atom. The Morgan fingerprint density at radius 2 is 0.833 bits per heavy atom. The van der Waals surface area contributed by atoms with E-state index in [0.29, 0.717) is 0 Å². The minimum atomic E-state index is 0. The molecule has 1 heteroatoms. The summed E-state index contributed by atoms with van der Waals surface area (Å²) >= 11 is 0. The zero-order valence-electron chi connectivity index (χ0n) is 5.62. The number of fused-ring (bicyclic) bond motifs is 1. The summed E-state index contributed by atoms with van der Waals surface area (Å²) in [6, 6.07) is 16.7. The fourth-order valence-corrected chi connectivity index (χ4v) is 1.13. The van der Waals surface area contributed by atoms with Crippen molar-refractivity contribution in [3.8, 4) is 0 Å². The second-order valence-electron chi connectivity index (χ2n) is 2.35. The van der Waals surface area contributed by atoms with Crippen LogP contribution in [0.4, 0.5) is 0 Å². The molecule has 0 heterocycles. The second-order valence-corrected chi connectivity index (χ2v) is 2.35. The van der Waals surface area contributed by atoms with E-state index in [1.807, 2.05) is 0 Å². The van der Waals surface area contributed by atoms with Crippen molar-refractivity contribution >= 4 is 29.6 Å². The van der Waals surface area contributed by atoms with E-state index >= 15 is 0 Å². The third-order valence-electron chi connectivity index (χ3n) is 1.66. The van der Waals surface area contributed by atoms with Crippen molar-refractivity contribution in [2.45, 2.75) is 7.43 Å². The van der Waals surface area contributed by atoms with Gasteiger partial charge in [-0.15, -0.1) is 0 Å². The monoisotopic (exact) mass is 152 g/mol. The molecule has 12 heavy (non-hydrogen) atoms. The van der Waals surface area contributed by atoms with E-state index in [0.717, 1.165) is 0 Å². The number of rotatable bonds is 0. The molecule has 0 aromatic heterocycles. The fraction of sp³-hybridized carbons (Fsp3) is 0.0909. The predicted octanol–water partition coefficient (Wildman–Crippen LogP) is 2.83. The van der Waals surface area contributed by atoms with Gasteiger partial charge in [0.1, 0.15) is 0 Å². The minimum Gasteiger partial charge on any atom is -0.0616 e. The summed E-state index contributed by atoms with van der Waals surface area (Å²) in [6.45, 7) is 0. The van der Waals surface area contributed by atoms with Gasteiger partial charge >= 0.3 is 18.9 Å². The zero-order valence-corrected chi connectivity index (χ0v) is 5.62. The van der Waals surface area contributed by atoms with Crippen LogP contribution < -0.4 is 0 Å². The molecule has 0 unspecified atom stereocenters. The van der Waals surface area contributed by atoms with Gasteiger partial charge < -0.3 is 0 Å². The molecule has 0 fully saturated rings. The molecule has 58 valence electrons. The summed E-state index contributed by atoms with van der Waals surface area (Å²) in [5.74, 6) is 0. The maximum atomic E-state index is 2.12. The van der Waals surface area contributed by atoms with Gasteiger partial charge in [0.2, 0.25) is 0 Å². The van der Waals surface area contributed by atoms with E-state index in [2.05, 4.69) is 48.5 Å². The van der Waals surface area contributed by atoms with Crippen molar-refractivity contribution in [3.63, 3.8) is 0 Å². The molecule has 0 N–H and O–H groups in total. The van der Waals surface area contributed by atoms with Crippen molar-refractivity contribution in [2.24, 2.45) is 0 Å². The molecule has 2 aromatic carbocycles. The number of benzene rings is 2. The van der Waals surface area contributed by atoms with Gasteiger partial charge in [-0.05, 0) is 10.8 Å². The topological polar surface area (TPSA) is 0 Å². The first-order valence-electron chi connectivity index (χ1n) is 3.40. The van der Waals surface area contributed by atoms with Crippen molar-refractivity contribution in [1.29, 1.82) is 0 Å². The smallest absolute Gasteiger partial charge is 0.0184 e. The van der Waals surface area contributed by atoms with Crippen LogP contribution in [0.25, 0.3) is 10.8 Å². The van der Waals surface area contributed by atoms with Gasteiger partial charge in [0.15, 0.2) is 0 Å². The van der Waals surface area contributed by atoms with Crippen molar-refractivity contribution < 1.29 is 0 Å². The Bertz CT molecular complexity index is 276. The van der Waals surface area contributed by atoms with Crippen LogP contribution in [0.3, 0.4) is 0 Å². The molecule has 2 rings (SSSR count). The molecule has 0 saturated heterocycles. The molecule has 0 radical (unpaired) electrons. The van der Waals surface area contributed by atoms with Crippen molar-refractivity contribution in [1.82, 2.24) is 0 Å². The molecule has 0 aliphatic carbocycles. The first-order chi connectivity index (χ1) is 4.97. The van der Waals surface area contributed by atoms with Gasteiger partial charge in [0, 0.05) is 0 Å². The molecule has 0 amide bonds. The summed E-state index contributed by atoms with van der Waals surface area (Å²) < 4.78 is 0. The molecule has 0 spiro atoms. The normalized spacial score (nSPS) is 8.33. The van der Waals surface area contributed by atoms with E-state index in [-0.39, 0.29) is 26.3 Å². The summed E-state index contributed by atoms with van der Waals surface area (Å²) in [5, 5.41) is 2.62. The molecule has 0 aliphatic rings. The number of hydrogen-bond acceptors (Lipinski definition) is 0. The fourth-order valence-electron chi connectivity index (χ4n) is 1.13. The van der Waals surface area contributed by atoms with Crippen LogP contribution in [-0.4, -0.2) is 18.9 Å². The summed E-state index contributed by atoms with van der Waals surface area (Å²) in [7, 11) is 0. The van der Waals surface area contributed by atoms with Gasteiger partial charge in [-0.2, -0.15) is 0 Å². The van der Waals surface area contributed by atoms with Gasteiger partial charge in [-0.25, -0.2) is 0 Å². The summed E-state index contributed by atoms with van der Waals surface area (Å²) in [4.78, 5) is 0. The molecule has 2 aromatic rings. The maximum Gasteiger partial charge on any atom is -0.0184 e. The van der Waals surface area contributed by atoms with Crippen LogP contribution in [-0.2, 0) is 0 Å². The van der Waals surface area contributed by atoms with Crippen LogP contribution in [0.1, 0.15) is 7.43 Å². The first kappa shape index (κ1) is 11.3. The Labute approximate surface area is 85.8 Å². The Kier molecular flexibility index (Phi) is 4.74. The average molecular weight is 152 g/mol. The van der Waals surface area contributed by atoms with E-state index in [1.54, 1.807) is 0 Å². The number of hydrogen-bond donors (Lipinski definition) is 0.